The fraction of sp³-hybridized carbons (Fsp3) is 0.0667. The molecule has 1 N–H and O–H groups in total. The number of benzene rings is 3. The topological polar surface area (TPSA) is 46.0 Å². The molecule has 0 amide bonds. The molecule has 3 aromatic carbocycles. The maximum Gasteiger partial charge on any atom is 0.158 e. The third-order valence-electron chi connectivity index (χ3n) is 5.99. The summed E-state index contributed by atoms with van der Waals surface area (Å²) in [6.07, 6.45) is 3.30. The first-order valence-electron chi connectivity index (χ1n) is 11.1. The number of hydrogen-bond acceptors (Lipinski definition) is 3. The number of aromatic nitrogens is 2. The molecular formula is C30H21F2IrN2O-. The molecule has 0 saturated heterocycles. The summed E-state index contributed by atoms with van der Waals surface area (Å²) < 4.78 is 26.0. The first kappa shape index (κ1) is 25.5. The molecule has 0 unspecified atom stereocenters. The van der Waals surface area contributed by atoms with Crippen LogP contribution in [0, 0.1) is 24.6 Å². The molecule has 2 aromatic heterocycles. The van der Waals surface area contributed by atoms with Crippen LogP contribution in [-0.2, 0) is 25.7 Å². The van der Waals surface area contributed by atoms with Gasteiger partial charge in [-0.15, -0.1) is 12.1 Å². The molecule has 2 heterocycles. The van der Waals surface area contributed by atoms with E-state index < -0.39 is 17.2 Å². The van der Waals surface area contributed by atoms with Crippen LogP contribution in [0.15, 0.2) is 103 Å². The second kappa shape index (κ2) is 10.6. The molecule has 181 valence electrons. The molecule has 3 nitrogen and oxygen atoms in total. The second-order valence-corrected chi connectivity index (χ2v) is 8.28. The summed E-state index contributed by atoms with van der Waals surface area (Å²) in [4.78, 5) is 8.39. The van der Waals surface area contributed by atoms with Crippen LogP contribution in [0.4, 0.5) is 8.78 Å². The van der Waals surface area contributed by atoms with E-state index in [1.54, 1.807) is 18.5 Å². The number of hydrogen-bond donors (Lipinski definition) is 1. The van der Waals surface area contributed by atoms with Crippen molar-refractivity contribution in [2.24, 2.45) is 0 Å². The third kappa shape index (κ3) is 4.63. The summed E-state index contributed by atoms with van der Waals surface area (Å²) in [6, 6.07) is 29.6. The van der Waals surface area contributed by atoms with Crippen molar-refractivity contribution in [3.05, 3.63) is 143 Å². The van der Waals surface area contributed by atoms with Crippen molar-refractivity contribution in [3.63, 3.8) is 0 Å². The molecule has 1 radical (unpaired) electrons. The number of nitrogens with zero attached hydrogens (tertiary/aromatic N) is 2. The molecule has 36 heavy (non-hydrogen) atoms. The Bertz CT molecular complexity index is 1460. The van der Waals surface area contributed by atoms with Crippen molar-refractivity contribution in [2.45, 2.75) is 12.5 Å². The maximum atomic E-state index is 13.4. The summed E-state index contributed by atoms with van der Waals surface area (Å²) in [6.45, 7) is 1.88. The Morgan fingerprint density at radius 1 is 0.778 bits per heavy atom. The number of fused-ring (bicyclic) bond motifs is 3. The standard InChI is InChI=1S/C18H13NO.C12H8F2N.Ir/c20-18(17-11-5-6-12-19-17)15-9-3-1-7-13(15)14-8-2-4-10-16(14)18;1-8-4-5-15-12(6-8)10-3-2-9(13)7-11(10)14;/h1-12,20H;2,4-7H,1H3;/q;-1;. The van der Waals surface area contributed by atoms with Crippen LogP contribution in [0.2, 0.25) is 0 Å². The Kier molecular flexibility index (Phi) is 7.51. The monoisotopic (exact) mass is 656 g/mol. The van der Waals surface area contributed by atoms with Gasteiger partial charge in [0.15, 0.2) is 5.60 Å². The summed E-state index contributed by atoms with van der Waals surface area (Å²) in [5.41, 5.74) is 5.10. The third-order valence-corrected chi connectivity index (χ3v) is 5.99. The van der Waals surface area contributed by atoms with Crippen molar-refractivity contribution >= 4 is 0 Å². The Hall–Kier alpha value is -3.57. The van der Waals surface area contributed by atoms with Gasteiger partial charge in [0.1, 0.15) is 0 Å². The molecule has 0 fully saturated rings. The predicted molar refractivity (Wildman–Crippen MR) is 131 cm³/mol. The van der Waals surface area contributed by atoms with Gasteiger partial charge in [-0.05, 0) is 41.9 Å². The van der Waals surface area contributed by atoms with Crippen molar-refractivity contribution in [2.75, 3.05) is 0 Å². The summed E-state index contributed by atoms with van der Waals surface area (Å²) in [5, 5.41) is 11.4. The van der Waals surface area contributed by atoms with Crippen molar-refractivity contribution in [3.8, 4) is 22.4 Å². The normalized spacial score (nSPS) is 12.4. The van der Waals surface area contributed by atoms with E-state index in [1.807, 2.05) is 67.6 Å². The Balaban J connectivity index is 0.000000172. The molecular weight excluding hydrogens is 635 g/mol. The van der Waals surface area contributed by atoms with Crippen LogP contribution in [0.25, 0.3) is 22.4 Å². The molecule has 1 aliphatic carbocycles. The second-order valence-electron chi connectivity index (χ2n) is 8.28. The predicted octanol–water partition coefficient (Wildman–Crippen LogP) is 6.48. The summed E-state index contributed by atoms with van der Waals surface area (Å²) in [5.74, 6) is -1.28. The van der Waals surface area contributed by atoms with Crippen molar-refractivity contribution < 1.29 is 34.0 Å². The van der Waals surface area contributed by atoms with Crippen LogP contribution in [0.5, 0.6) is 0 Å². The van der Waals surface area contributed by atoms with E-state index >= 15 is 0 Å². The number of halogens is 2. The fourth-order valence-corrected chi connectivity index (χ4v) is 4.38. The maximum absolute atomic E-state index is 13.4. The molecule has 0 bridgehead atoms. The number of aryl methyl sites for hydroxylation is 1. The fourth-order valence-electron chi connectivity index (χ4n) is 4.38. The van der Waals surface area contributed by atoms with E-state index in [9.17, 15) is 13.9 Å². The van der Waals surface area contributed by atoms with Gasteiger partial charge in [0, 0.05) is 55.3 Å². The molecule has 5 aromatic rings. The zero-order valence-electron chi connectivity index (χ0n) is 19.2. The first-order chi connectivity index (χ1) is 17.0. The molecule has 0 atom stereocenters. The van der Waals surface area contributed by atoms with Gasteiger partial charge in [0.2, 0.25) is 0 Å². The van der Waals surface area contributed by atoms with Gasteiger partial charge in [-0.2, -0.15) is 0 Å². The van der Waals surface area contributed by atoms with Gasteiger partial charge in [0.05, 0.1) is 5.69 Å². The van der Waals surface area contributed by atoms with Gasteiger partial charge in [-0.3, -0.25) is 13.8 Å². The van der Waals surface area contributed by atoms with Crippen LogP contribution in [-0.4, -0.2) is 15.1 Å². The zero-order chi connectivity index (χ0) is 24.4. The largest absolute Gasteiger partial charge is 0.374 e. The van der Waals surface area contributed by atoms with Crippen molar-refractivity contribution in [1.29, 1.82) is 0 Å². The summed E-state index contributed by atoms with van der Waals surface area (Å²) >= 11 is 0. The number of pyridine rings is 2. The van der Waals surface area contributed by atoms with Crippen LogP contribution < -0.4 is 0 Å². The van der Waals surface area contributed by atoms with E-state index in [4.69, 9.17) is 0 Å². The van der Waals surface area contributed by atoms with Gasteiger partial charge >= 0.3 is 0 Å². The van der Waals surface area contributed by atoms with Crippen LogP contribution in [0.1, 0.15) is 22.4 Å². The molecule has 0 aliphatic heterocycles. The Morgan fingerprint density at radius 2 is 1.42 bits per heavy atom. The van der Waals surface area contributed by atoms with E-state index in [2.05, 4.69) is 28.2 Å². The van der Waals surface area contributed by atoms with E-state index in [0.29, 0.717) is 11.4 Å². The average Bonchev–Trinajstić information content (AvgIpc) is 3.15. The van der Waals surface area contributed by atoms with Gasteiger partial charge in [0.25, 0.3) is 0 Å². The minimum absolute atomic E-state index is 0. The first-order valence-corrected chi connectivity index (χ1v) is 11.1. The van der Waals surface area contributed by atoms with E-state index in [1.165, 1.54) is 0 Å². The zero-order valence-corrected chi connectivity index (χ0v) is 21.6. The molecule has 6 rings (SSSR count). The van der Waals surface area contributed by atoms with Crippen LogP contribution in [0.3, 0.4) is 0 Å². The SMILES string of the molecule is Cc1ccnc(-c2[c-]cc(F)cc2F)c1.OC1(c2ccccn2)c2ccccc2-c2ccccc21.[Ir]. The average molecular weight is 656 g/mol. The van der Waals surface area contributed by atoms with E-state index in [0.717, 1.165) is 39.9 Å². The van der Waals surface area contributed by atoms with Gasteiger partial charge < -0.3 is 10.1 Å². The minimum atomic E-state index is -1.16. The molecule has 6 heteroatoms. The number of rotatable bonds is 2. The van der Waals surface area contributed by atoms with Gasteiger partial charge in [-0.25, -0.2) is 0 Å². The minimum Gasteiger partial charge on any atom is -0.374 e. The van der Waals surface area contributed by atoms with Gasteiger partial charge in [-0.1, -0.05) is 77.9 Å². The van der Waals surface area contributed by atoms with Crippen LogP contribution >= 0.6 is 0 Å². The quantitative estimate of drug-likeness (QED) is 0.222. The Morgan fingerprint density at radius 3 is 2.00 bits per heavy atom. The molecule has 0 spiro atoms. The number of aliphatic hydroxyl groups is 1. The smallest absolute Gasteiger partial charge is 0.158 e. The van der Waals surface area contributed by atoms with Crippen molar-refractivity contribution in [1.82, 2.24) is 9.97 Å². The Labute approximate surface area is 221 Å². The molecule has 0 saturated carbocycles. The summed E-state index contributed by atoms with van der Waals surface area (Å²) in [7, 11) is 0. The molecule has 1 aliphatic rings. The van der Waals surface area contributed by atoms with E-state index in [-0.39, 0.29) is 25.7 Å².